The van der Waals surface area contributed by atoms with Gasteiger partial charge in [0.2, 0.25) is 0 Å². The molecule has 0 radical (unpaired) electrons. The van der Waals surface area contributed by atoms with Crippen molar-refractivity contribution in [2.45, 2.75) is 12.3 Å². The molecule has 0 aliphatic carbocycles. The Kier molecular flexibility index (Phi) is 2.49. The van der Waals surface area contributed by atoms with Gasteiger partial charge in [0.15, 0.2) is 9.84 Å². The van der Waals surface area contributed by atoms with Crippen molar-refractivity contribution in [2.75, 3.05) is 6.26 Å². The van der Waals surface area contributed by atoms with E-state index in [9.17, 15) is 8.42 Å². The highest BCUT2D eigenvalue weighted by Crippen LogP contribution is 2.00. The molecule has 0 saturated carbocycles. The molecule has 0 aromatic carbocycles. The zero-order valence-electron chi connectivity index (χ0n) is 6.74. The topological polar surface area (TPSA) is 88.8 Å². The predicted octanol–water partition coefficient (Wildman–Crippen LogP) is -0.587. The first kappa shape index (κ1) is 9.21. The summed E-state index contributed by atoms with van der Waals surface area (Å²) in [7, 11) is -3.01. The molecule has 1 aromatic heterocycles. The number of imidazole rings is 1. The molecule has 6 heteroatoms. The maximum absolute atomic E-state index is 10.8. The summed E-state index contributed by atoms with van der Waals surface area (Å²) in [6.07, 6.45) is 2.71. The first-order valence-corrected chi connectivity index (χ1v) is 5.48. The van der Waals surface area contributed by atoms with Gasteiger partial charge >= 0.3 is 0 Å². The molecular formula is C6H11N3O2S. The third-order valence-electron chi connectivity index (χ3n) is 1.30. The van der Waals surface area contributed by atoms with Gasteiger partial charge in [0.05, 0.1) is 0 Å². The van der Waals surface area contributed by atoms with Crippen LogP contribution in [0, 0.1) is 0 Å². The number of H-pyrrole nitrogens is 1. The maximum atomic E-state index is 10.8. The van der Waals surface area contributed by atoms with Gasteiger partial charge in [0.1, 0.15) is 11.6 Å². The second kappa shape index (κ2) is 3.24. The van der Waals surface area contributed by atoms with E-state index in [0.717, 1.165) is 11.9 Å². The summed E-state index contributed by atoms with van der Waals surface area (Å²) in [5.74, 6) is 0.380. The van der Waals surface area contributed by atoms with Gasteiger partial charge in [-0.3, -0.25) is 0 Å². The van der Waals surface area contributed by atoms with Gasteiger partial charge in [-0.05, 0) is 0 Å². The Balaban J connectivity index is 2.78. The molecule has 0 bridgehead atoms. The maximum Gasteiger partial charge on any atom is 0.154 e. The summed E-state index contributed by atoms with van der Waals surface area (Å²) >= 11 is 0. The Morgan fingerprint density at radius 2 is 2.33 bits per heavy atom. The summed E-state index contributed by atoms with van der Waals surface area (Å²) in [6, 6.07) is 0. The second-order valence-electron chi connectivity index (χ2n) is 2.63. The molecule has 0 amide bonds. The number of hydrogen-bond acceptors (Lipinski definition) is 4. The lowest BCUT2D eigenvalue weighted by atomic mass is 10.5. The number of nitrogens with two attached hydrogens (primary N) is 1. The number of hydrogen-bond donors (Lipinski definition) is 2. The SMILES string of the molecule is CS(=O)(=O)Cc1ncc(CN)[nH]1. The average Bonchev–Trinajstić information content (AvgIpc) is 2.32. The summed E-state index contributed by atoms with van der Waals surface area (Å²) < 4.78 is 21.6. The Bertz CT molecular complexity index is 355. The van der Waals surface area contributed by atoms with Crippen LogP contribution in [0.3, 0.4) is 0 Å². The molecule has 0 atom stereocenters. The first-order chi connectivity index (χ1) is 5.51. The van der Waals surface area contributed by atoms with Gasteiger partial charge in [0, 0.05) is 24.7 Å². The summed E-state index contributed by atoms with van der Waals surface area (Å²) in [5, 5.41) is 0. The fourth-order valence-electron chi connectivity index (χ4n) is 0.831. The van der Waals surface area contributed by atoms with Crippen molar-refractivity contribution in [3.63, 3.8) is 0 Å². The zero-order chi connectivity index (χ0) is 9.19. The van der Waals surface area contributed by atoms with E-state index in [1.807, 2.05) is 0 Å². The lowest BCUT2D eigenvalue weighted by molar-refractivity contribution is 0.600. The van der Waals surface area contributed by atoms with E-state index in [0.29, 0.717) is 12.4 Å². The van der Waals surface area contributed by atoms with E-state index in [1.165, 1.54) is 0 Å². The molecule has 0 unspecified atom stereocenters. The fraction of sp³-hybridized carbons (Fsp3) is 0.500. The Hall–Kier alpha value is -0.880. The van der Waals surface area contributed by atoms with Crippen LogP contribution in [0.5, 0.6) is 0 Å². The monoisotopic (exact) mass is 189 g/mol. The van der Waals surface area contributed by atoms with Crippen molar-refractivity contribution in [1.82, 2.24) is 9.97 Å². The van der Waals surface area contributed by atoms with Gasteiger partial charge < -0.3 is 10.7 Å². The van der Waals surface area contributed by atoms with Gasteiger partial charge in [-0.15, -0.1) is 0 Å². The number of rotatable bonds is 3. The summed E-state index contributed by atoms with van der Waals surface area (Å²) in [6.45, 7) is 0.344. The minimum atomic E-state index is -3.01. The second-order valence-corrected chi connectivity index (χ2v) is 4.77. The van der Waals surface area contributed by atoms with Gasteiger partial charge in [0.25, 0.3) is 0 Å². The van der Waals surface area contributed by atoms with E-state index in [1.54, 1.807) is 6.20 Å². The van der Waals surface area contributed by atoms with Crippen molar-refractivity contribution < 1.29 is 8.42 Å². The van der Waals surface area contributed by atoms with Crippen LogP contribution in [0.4, 0.5) is 0 Å². The van der Waals surface area contributed by atoms with E-state index in [4.69, 9.17) is 5.73 Å². The molecule has 0 spiro atoms. The van der Waals surface area contributed by atoms with E-state index >= 15 is 0 Å². The average molecular weight is 189 g/mol. The quantitative estimate of drug-likeness (QED) is 0.665. The number of aromatic amines is 1. The highest BCUT2D eigenvalue weighted by atomic mass is 32.2. The molecule has 3 N–H and O–H groups in total. The van der Waals surface area contributed by atoms with Crippen molar-refractivity contribution in [2.24, 2.45) is 5.73 Å². The zero-order valence-corrected chi connectivity index (χ0v) is 7.56. The van der Waals surface area contributed by atoms with Crippen molar-refractivity contribution in [3.05, 3.63) is 17.7 Å². The first-order valence-electron chi connectivity index (χ1n) is 3.42. The smallest absolute Gasteiger partial charge is 0.154 e. The van der Waals surface area contributed by atoms with Crippen molar-refractivity contribution in [1.29, 1.82) is 0 Å². The normalized spacial score (nSPS) is 11.8. The number of aromatic nitrogens is 2. The van der Waals surface area contributed by atoms with Gasteiger partial charge in [-0.25, -0.2) is 13.4 Å². The van der Waals surface area contributed by atoms with Crippen LogP contribution in [0.25, 0.3) is 0 Å². The van der Waals surface area contributed by atoms with Crippen molar-refractivity contribution >= 4 is 9.84 Å². The standard InChI is InChI=1S/C6H11N3O2S/c1-12(10,11)4-6-8-3-5(2-7)9-6/h3H,2,4,7H2,1H3,(H,8,9). The number of nitrogens with one attached hydrogen (secondary N) is 1. The molecule has 0 fully saturated rings. The molecule has 1 aromatic rings. The molecule has 5 nitrogen and oxygen atoms in total. The molecule has 1 heterocycles. The Morgan fingerprint density at radius 1 is 1.67 bits per heavy atom. The summed E-state index contributed by atoms with van der Waals surface area (Å²) in [4.78, 5) is 6.66. The summed E-state index contributed by atoms with van der Waals surface area (Å²) in [5.41, 5.74) is 6.05. The van der Waals surface area contributed by atoms with Crippen LogP contribution < -0.4 is 5.73 Å². The molecule has 0 aliphatic heterocycles. The molecule has 0 saturated heterocycles. The van der Waals surface area contributed by atoms with Gasteiger partial charge in [-0.2, -0.15) is 0 Å². The number of nitrogens with zero attached hydrogens (tertiary/aromatic N) is 1. The van der Waals surface area contributed by atoms with E-state index < -0.39 is 9.84 Å². The highest BCUT2D eigenvalue weighted by molar-refractivity contribution is 7.89. The van der Waals surface area contributed by atoms with Crippen LogP contribution in [0.2, 0.25) is 0 Å². The largest absolute Gasteiger partial charge is 0.344 e. The van der Waals surface area contributed by atoms with Crippen LogP contribution in [0.1, 0.15) is 11.5 Å². The van der Waals surface area contributed by atoms with E-state index in [-0.39, 0.29) is 5.75 Å². The minimum Gasteiger partial charge on any atom is -0.344 e. The van der Waals surface area contributed by atoms with Crippen LogP contribution >= 0.6 is 0 Å². The molecule has 0 aliphatic rings. The Morgan fingerprint density at radius 3 is 2.75 bits per heavy atom. The third kappa shape index (κ3) is 2.63. The fourth-order valence-corrected chi connectivity index (χ4v) is 1.47. The minimum absolute atomic E-state index is 0.0625. The molecule has 1 rings (SSSR count). The lowest BCUT2D eigenvalue weighted by Gasteiger charge is -1.92. The van der Waals surface area contributed by atoms with Crippen molar-refractivity contribution in [3.8, 4) is 0 Å². The Labute approximate surface area is 70.9 Å². The highest BCUT2D eigenvalue weighted by Gasteiger charge is 2.07. The molecule has 68 valence electrons. The third-order valence-corrected chi connectivity index (χ3v) is 2.10. The van der Waals surface area contributed by atoms with Crippen LogP contribution in [-0.2, 0) is 22.1 Å². The van der Waals surface area contributed by atoms with E-state index in [2.05, 4.69) is 9.97 Å². The predicted molar refractivity (Wildman–Crippen MR) is 45.0 cm³/mol. The van der Waals surface area contributed by atoms with Crippen LogP contribution in [0.15, 0.2) is 6.20 Å². The van der Waals surface area contributed by atoms with Crippen LogP contribution in [-0.4, -0.2) is 24.6 Å². The molecule has 12 heavy (non-hydrogen) atoms. The molecular weight excluding hydrogens is 178 g/mol. The lowest BCUT2D eigenvalue weighted by Crippen LogP contribution is -2.03. The number of sulfone groups is 1. The van der Waals surface area contributed by atoms with Gasteiger partial charge in [-0.1, -0.05) is 0 Å².